The van der Waals surface area contributed by atoms with Crippen molar-refractivity contribution in [3.8, 4) is 0 Å². The number of sulfonamides is 1. The summed E-state index contributed by atoms with van der Waals surface area (Å²) in [7, 11) is -3.64. The number of rotatable bonds is 6. The van der Waals surface area contributed by atoms with Gasteiger partial charge in [0.2, 0.25) is 10.0 Å². The zero-order chi connectivity index (χ0) is 14.6. The van der Waals surface area contributed by atoms with Crippen LogP contribution in [0.15, 0.2) is 23.1 Å². The number of alkyl halides is 1. The van der Waals surface area contributed by atoms with Crippen LogP contribution in [0.5, 0.6) is 0 Å². The smallest absolute Gasteiger partial charge is 0.210 e. The molecular formula is C12H16Cl3NO2S. The maximum atomic E-state index is 12.0. The number of hydrogen-bond acceptors (Lipinski definition) is 2. The second-order valence-electron chi connectivity index (χ2n) is 4.68. The van der Waals surface area contributed by atoms with E-state index in [-0.39, 0.29) is 26.9 Å². The summed E-state index contributed by atoms with van der Waals surface area (Å²) in [5.74, 6) is 0.410. The summed E-state index contributed by atoms with van der Waals surface area (Å²) in [5.41, 5.74) is 0. The Bertz CT molecular complexity index is 512. The van der Waals surface area contributed by atoms with Crippen LogP contribution in [0.2, 0.25) is 10.0 Å². The van der Waals surface area contributed by atoms with Gasteiger partial charge < -0.3 is 0 Å². The minimum atomic E-state index is -3.64. The van der Waals surface area contributed by atoms with Gasteiger partial charge in [0.05, 0.1) is 4.90 Å². The maximum absolute atomic E-state index is 12.0. The van der Waals surface area contributed by atoms with Gasteiger partial charge in [0, 0.05) is 22.0 Å². The molecule has 0 saturated carbocycles. The quantitative estimate of drug-likeness (QED) is 0.795. The number of nitrogens with one attached hydrogen (secondary N) is 1. The molecule has 1 aromatic carbocycles. The van der Waals surface area contributed by atoms with Crippen molar-refractivity contribution in [1.29, 1.82) is 0 Å². The van der Waals surface area contributed by atoms with Crippen LogP contribution in [-0.4, -0.2) is 20.3 Å². The number of hydrogen-bond donors (Lipinski definition) is 1. The van der Waals surface area contributed by atoms with Crippen molar-refractivity contribution in [2.24, 2.45) is 5.92 Å². The summed E-state index contributed by atoms with van der Waals surface area (Å²) in [4.78, 5) is 0.0402. The molecule has 0 spiro atoms. The SMILES string of the molecule is CC(C)CC(Cl)CNS(=O)(=O)c1cc(Cl)cc(Cl)c1. The molecule has 0 amide bonds. The summed E-state index contributed by atoms with van der Waals surface area (Å²) < 4.78 is 26.5. The molecule has 0 heterocycles. The highest BCUT2D eigenvalue weighted by Gasteiger charge is 2.17. The molecule has 1 N–H and O–H groups in total. The number of halogens is 3. The molecule has 7 heteroatoms. The van der Waals surface area contributed by atoms with Crippen molar-refractivity contribution in [2.45, 2.75) is 30.5 Å². The first-order chi connectivity index (χ1) is 8.70. The Balaban J connectivity index is 2.76. The summed E-state index contributed by atoms with van der Waals surface area (Å²) in [6.45, 7) is 4.23. The van der Waals surface area contributed by atoms with E-state index in [4.69, 9.17) is 34.8 Å². The lowest BCUT2D eigenvalue weighted by molar-refractivity contribution is 0.544. The first kappa shape index (κ1) is 17.1. The molecule has 0 aliphatic rings. The van der Waals surface area contributed by atoms with Crippen LogP contribution in [0, 0.1) is 5.92 Å². The van der Waals surface area contributed by atoms with Gasteiger partial charge in [0.15, 0.2) is 0 Å². The molecule has 0 fully saturated rings. The van der Waals surface area contributed by atoms with Crippen molar-refractivity contribution < 1.29 is 8.42 Å². The predicted molar refractivity (Wildman–Crippen MR) is 80.7 cm³/mol. The minimum Gasteiger partial charge on any atom is -0.210 e. The lowest BCUT2D eigenvalue weighted by Crippen LogP contribution is -2.30. The highest BCUT2D eigenvalue weighted by molar-refractivity contribution is 7.89. The van der Waals surface area contributed by atoms with Gasteiger partial charge in [-0.3, -0.25) is 0 Å². The van der Waals surface area contributed by atoms with Gasteiger partial charge in [-0.1, -0.05) is 37.0 Å². The van der Waals surface area contributed by atoms with Gasteiger partial charge in [0.25, 0.3) is 0 Å². The monoisotopic (exact) mass is 343 g/mol. The van der Waals surface area contributed by atoms with Gasteiger partial charge in [-0.2, -0.15) is 0 Å². The molecule has 0 aliphatic carbocycles. The lowest BCUT2D eigenvalue weighted by Gasteiger charge is -2.13. The fourth-order valence-corrected chi connectivity index (χ4v) is 3.89. The van der Waals surface area contributed by atoms with E-state index in [1.807, 2.05) is 13.8 Å². The summed E-state index contributed by atoms with van der Waals surface area (Å²) in [5, 5.41) is 0.305. The molecule has 108 valence electrons. The van der Waals surface area contributed by atoms with Crippen molar-refractivity contribution in [2.75, 3.05) is 6.54 Å². The third kappa shape index (κ3) is 5.88. The number of benzene rings is 1. The maximum Gasteiger partial charge on any atom is 0.240 e. The molecular weight excluding hydrogens is 329 g/mol. The van der Waals surface area contributed by atoms with Crippen molar-refractivity contribution in [3.05, 3.63) is 28.2 Å². The van der Waals surface area contributed by atoms with Crippen LogP contribution in [-0.2, 0) is 10.0 Å². The highest BCUT2D eigenvalue weighted by atomic mass is 35.5. The Morgan fingerprint density at radius 1 is 1.16 bits per heavy atom. The van der Waals surface area contributed by atoms with Crippen molar-refractivity contribution in [1.82, 2.24) is 4.72 Å². The van der Waals surface area contributed by atoms with E-state index in [0.29, 0.717) is 5.92 Å². The third-order valence-corrected chi connectivity index (χ3v) is 4.54. The van der Waals surface area contributed by atoms with E-state index in [1.54, 1.807) is 0 Å². The van der Waals surface area contributed by atoms with Crippen molar-refractivity contribution >= 4 is 44.8 Å². The molecule has 0 aromatic heterocycles. The Morgan fingerprint density at radius 3 is 2.16 bits per heavy atom. The average molecular weight is 345 g/mol. The molecule has 0 bridgehead atoms. The fourth-order valence-electron chi connectivity index (χ4n) is 1.56. The highest BCUT2D eigenvalue weighted by Crippen LogP contribution is 2.22. The fraction of sp³-hybridized carbons (Fsp3) is 0.500. The minimum absolute atomic E-state index is 0.0402. The molecule has 1 unspecified atom stereocenters. The largest absolute Gasteiger partial charge is 0.240 e. The molecule has 1 atom stereocenters. The molecule has 0 saturated heterocycles. The Morgan fingerprint density at radius 2 is 1.68 bits per heavy atom. The second-order valence-corrected chi connectivity index (χ2v) is 7.94. The van der Waals surface area contributed by atoms with Gasteiger partial charge in [-0.15, -0.1) is 11.6 Å². The molecule has 3 nitrogen and oxygen atoms in total. The first-order valence-electron chi connectivity index (χ1n) is 5.80. The van der Waals surface area contributed by atoms with E-state index in [0.717, 1.165) is 6.42 Å². The van der Waals surface area contributed by atoms with Gasteiger partial charge in [-0.05, 0) is 30.5 Å². The van der Waals surface area contributed by atoms with E-state index in [2.05, 4.69) is 4.72 Å². The van der Waals surface area contributed by atoms with E-state index in [9.17, 15) is 8.42 Å². The second kappa shape index (κ2) is 7.14. The normalized spacial score (nSPS) is 13.8. The molecule has 1 rings (SSSR count). The van der Waals surface area contributed by atoms with Crippen LogP contribution in [0.1, 0.15) is 20.3 Å². The summed E-state index contributed by atoms with van der Waals surface area (Å²) in [6, 6.07) is 4.17. The Hall–Kier alpha value is -0.000000000000000111. The van der Waals surface area contributed by atoms with Crippen LogP contribution in [0.4, 0.5) is 0 Å². The van der Waals surface area contributed by atoms with E-state index >= 15 is 0 Å². The zero-order valence-electron chi connectivity index (χ0n) is 10.7. The first-order valence-corrected chi connectivity index (χ1v) is 8.48. The topological polar surface area (TPSA) is 46.2 Å². The van der Waals surface area contributed by atoms with Crippen LogP contribution in [0.3, 0.4) is 0 Å². The van der Waals surface area contributed by atoms with Gasteiger partial charge in [0.1, 0.15) is 0 Å². The van der Waals surface area contributed by atoms with Crippen molar-refractivity contribution in [3.63, 3.8) is 0 Å². The van der Waals surface area contributed by atoms with Gasteiger partial charge in [-0.25, -0.2) is 13.1 Å². The molecule has 1 aromatic rings. The molecule has 19 heavy (non-hydrogen) atoms. The predicted octanol–water partition coefficient (Wildman–Crippen LogP) is 3.93. The lowest BCUT2D eigenvalue weighted by atomic mass is 10.1. The molecule has 0 aliphatic heterocycles. The summed E-state index contributed by atoms with van der Waals surface area (Å²) in [6.07, 6.45) is 0.736. The average Bonchev–Trinajstić information content (AvgIpc) is 2.24. The van der Waals surface area contributed by atoms with Crippen LogP contribution in [0.25, 0.3) is 0 Å². The standard InChI is InChI=1S/C12H16Cl3NO2S/c1-8(2)3-11(15)7-16-19(17,18)12-5-9(13)4-10(14)6-12/h4-6,8,11,16H,3,7H2,1-2H3. The summed E-state index contributed by atoms with van der Waals surface area (Å²) >= 11 is 17.6. The Labute approximate surface area is 129 Å². The van der Waals surface area contributed by atoms with Crippen LogP contribution < -0.4 is 4.72 Å². The Kier molecular flexibility index (Phi) is 6.40. The van der Waals surface area contributed by atoms with Crippen LogP contribution >= 0.6 is 34.8 Å². The molecule has 0 radical (unpaired) electrons. The third-order valence-electron chi connectivity index (χ3n) is 2.37. The zero-order valence-corrected chi connectivity index (χ0v) is 13.7. The van der Waals surface area contributed by atoms with E-state index in [1.165, 1.54) is 18.2 Å². The van der Waals surface area contributed by atoms with E-state index < -0.39 is 10.0 Å². The van der Waals surface area contributed by atoms with Gasteiger partial charge >= 0.3 is 0 Å².